The van der Waals surface area contributed by atoms with Crippen LogP contribution >= 0.6 is 0 Å². The second-order valence-electron chi connectivity index (χ2n) is 5.74. The van der Waals surface area contributed by atoms with E-state index in [2.05, 4.69) is 10.3 Å². The first kappa shape index (κ1) is 20.1. The Hall–Kier alpha value is -1.95. The lowest BCUT2D eigenvalue weighted by Crippen LogP contribution is -2.39. The van der Waals surface area contributed by atoms with Crippen molar-refractivity contribution in [1.82, 2.24) is 15.2 Å². The van der Waals surface area contributed by atoms with Crippen LogP contribution in [0.3, 0.4) is 0 Å². The van der Waals surface area contributed by atoms with Crippen molar-refractivity contribution in [3.8, 4) is 0 Å². The maximum atomic E-state index is 12.3. The van der Waals surface area contributed by atoms with Crippen LogP contribution < -0.4 is 5.32 Å². The normalized spacial score (nSPS) is 15.7. The highest BCUT2D eigenvalue weighted by molar-refractivity contribution is 5.87. The minimum atomic E-state index is -0.743. The average molecular weight is 335 g/mol. The molecule has 0 aliphatic carbocycles. The van der Waals surface area contributed by atoms with Crippen LogP contribution in [-0.4, -0.2) is 49.0 Å². The molecule has 2 rings (SSSR count). The van der Waals surface area contributed by atoms with Gasteiger partial charge in [-0.25, -0.2) is 0 Å². The fourth-order valence-corrected chi connectivity index (χ4v) is 2.57. The second kappa shape index (κ2) is 10.0. The largest absolute Gasteiger partial charge is 0.381 e. The van der Waals surface area contributed by atoms with Crippen molar-refractivity contribution in [3.05, 3.63) is 29.6 Å². The SMILES string of the molecule is CC.CC(=O)NC(C(=O)N(C)C)c1cccc(C2CCOCC2)n1. The predicted octanol–water partition coefficient (Wildman–Crippen LogP) is 2.27. The molecule has 6 nitrogen and oxygen atoms in total. The van der Waals surface area contributed by atoms with Gasteiger partial charge in [0.25, 0.3) is 5.91 Å². The molecule has 1 aromatic rings. The topological polar surface area (TPSA) is 71.5 Å². The Morgan fingerprint density at radius 2 is 1.88 bits per heavy atom. The summed E-state index contributed by atoms with van der Waals surface area (Å²) in [4.78, 5) is 29.8. The van der Waals surface area contributed by atoms with Crippen molar-refractivity contribution < 1.29 is 14.3 Å². The molecule has 134 valence electrons. The van der Waals surface area contributed by atoms with E-state index in [1.54, 1.807) is 20.2 Å². The fraction of sp³-hybridized carbons (Fsp3) is 0.611. The first-order chi connectivity index (χ1) is 11.5. The van der Waals surface area contributed by atoms with E-state index in [9.17, 15) is 9.59 Å². The van der Waals surface area contributed by atoms with E-state index >= 15 is 0 Å². The summed E-state index contributed by atoms with van der Waals surface area (Å²) in [6.07, 6.45) is 1.87. The number of nitrogens with one attached hydrogen (secondary N) is 1. The van der Waals surface area contributed by atoms with Crippen molar-refractivity contribution in [2.24, 2.45) is 0 Å². The Balaban J connectivity index is 0.00000139. The Morgan fingerprint density at radius 3 is 2.42 bits per heavy atom. The highest BCUT2D eigenvalue weighted by Crippen LogP contribution is 2.26. The van der Waals surface area contributed by atoms with E-state index in [0.29, 0.717) is 11.6 Å². The molecule has 1 N–H and O–H groups in total. The first-order valence-corrected chi connectivity index (χ1v) is 8.52. The average Bonchev–Trinajstić information content (AvgIpc) is 2.61. The van der Waals surface area contributed by atoms with Crippen molar-refractivity contribution in [2.75, 3.05) is 27.3 Å². The second-order valence-corrected chi connectivity index (χ2v) is 5.74. The van der Waals surface area contributed by atoms with Crippen LogP contribution in [0.25, 0.3) is 0 Å². The number of ether oxygens (including phenoxy) is 1. The third-order valence-corrected chi connectivity index (χ3v) is 3.76. The van der Waals surface area contributed by atoms with Gasteiger partial charge in [-0.15, -0.1) is 0 Å². The zero-order valence-electron chi connectivity index (χ0n) is 15.3. The summed E-state index contributed by atoms with van der Waals surface area (Å²) in [7, 11) is 3.33. The molecule has 0 spiro atoms. The number of pyridine rings is 1. The number of hydrogen-bond acceptors (Lipinski definition) is 4. The molecule has 0 aromatic carbocycles. The highest BCUT2D eigenvalue weighted by atomic mass is 16.5. The molecular formula is C18H29N3O3. The summed E-state index contributed by atoms with van der Waals surface area (Å²) < 4.78 is 5.38. The van der Waals surface area contributed by atoms with Crippen LogP contribution in [0, 0.1) is 0 Å². The van der Waals surface area contributed by atoms with Gasteiger partial charge in [0.15, 0.2) is 6.04 Å². The molecule has 0 radical (unpaired) electrons. The standard InChI is InChI=1S/C16H23N3O3.C2H6/c1-11(20)17-15(16(21)19(2)3)14-6-4-5-13(18-14)12-7-9-22-10-8-12;1-2/h4-6,12,15H,7-10H2,1-3H3,(H,17,20);1-2H3. The van der Waals surface area contributed by atoms with Crippen LogP contribution in [0.15, 0.2) is 18.2 Å². The molecule has 2 heterocycles. The molecule has 1 aliphatic heterocycles. The van der Waals surface area contributed by atoms with Crippen molar-refractivity contribution >= 4 is 11.8 Å². The van der Waals surface area contributed by atoms with Gasteiger partial charge in [0, 0.05) is 45.8 Å². The maximum absolute atomic E-state index is 12.3. The lowest BCUT2D eigenvalue weighted by atomic mass is 9.95. The zero-order valence-corrected chi connectivity index (χ0v) is 15.3. The molecule has 24 heavy (non-hydrogen) atoms. The van der Waals surface area contributed by atoms with Crippen molar-refractivity contribution in [2.45, 2.75) is 45.6 Å². The van der Waals surface area contributed by atoms with Gasteiger partial charge < -0.3 is 15.0 Å². The van der Waals surface area contributed by atoms with E-state index in [4.69, 9.17) is 4.74 Å². The van der Waals surface area contributed by atoms with E-state index in [-0.39, 0.29) is 11.8 Å². The number of carbonyl (C=O) groups is 2. The monoisotopic (exact) mass is 335 g/mol. The zero-order chi connectivity index (χ0) is 18.1. The van der Waals surface area contributed by atoms with Gasteiger partial charge in [0.05, 0.1) is 5.69 Å². The summed E-state index contributed by atoms with van der Waals surface area (Å²) >= 11 is 0. The first-order valence-electron chi connectivity index (χ1n) is 8.52. The summed E-state index contributed by atoms with van der Waals surface area (Å²) in [6.45, 7) is 6.88. The predicted molar refractivity (Wildman–Crippen MR) is 93.6 cm³/mol. The molecule has 0 saturated carbocycles. The van der Waals surface area contributed by atoms with Gasteiger partial charge in [-0.05, 0) is 25.0 Å². The van der Waals surface area contributed by atoms with Crippen molar-refractivity contribution in [3.63, 3.8) is 0 Å². The third-order valence-electron chi connectivity index (χ3n) is 3.76. The molecule has 0 bridgehead atoms. The van der Waals surface area contributed by atoms with Crippen LogP contribution in [0.5, 0.6) is 0 Å². The van der Waals surface area contributed by atoms with Gasteiger partial charge in [0.1, 0.15) is 0 Å². The van der Waals surface area contributed by atoms with E-state index < -0.39 is 6.04 Å². The summed E-state index contributed by atoms with van der Waals surface area (Å²) in [5.74, 6) is -0.0913. The number of nitrogens with zero attached hydrogens (tertiary/aromatic N) is 2. The molecule has 1 saturated heterocycles. The lowest BCUT2D eigenvalue weighted by Gasteiger charge is -2.24. The number of amides is 2. The minimum Gasteiger partial charge on any atom is -0.381 e. The minimum absolute atomic E-state index is 0.188. The van der Waals surface area contributed by atoms with Gasteiger partial charge in [-0.1, -0.05) is 19.9 Å². The molecule has 6 heteroatoms. The number of likely N-dealkylation sites (N-methyl/N-ethyl adjacent to an activating group) is 1. The number of rotatable bonds is 4. The van der Waals surface area contributed by atoms with Gasteiger partial charge in [-0.3, -0.25) is 14.6 Å². The molecule has 1 aliphatic rings. The van der Waals surface area contributed by atoms with E-state index in [1.165, 1.54) is 11.8 Å². The van der Waals surface area contributed by atoms with Crippen LogP contribution in [0.1, 0.15) is 57.0 Å². The number of carbonyl (C=O) groups excluding carboxylic acids is 2. The number of aromatic nitrogens is 1. The quantitative estimate of drug-likeness (QED) is 0.916. The van der Waals surface area contributed by atoms with Crippen LogP contribution in [0.4, 0.5) is 0 Å². The Bertz CT molecular complexity index is 540. The molecule has 2 amide bonds. The van der Waals surface area contributed by atoms with Gasteiger partial charge >= 0.3 is 0 Å². The maximum Gasteiger partial charge on any atom is 0.250 e. The third kappa shape index (κ3) is 5.60. The number of hydrogen-bond donors (Lipinski definition) is 1. The Morgan fingerprint density at radius 1 is 1.25 bits per heavy atom. The van der Waals surface area contributed by atoms with E-state index in [0.717, 1.165) is 31.7 Å². The summed E-state index contributed by atoms with van der Waals surface area (Å²) in [5, 5.41) is 2.69. The summed E-state index contributed by atoms with van der Waals surface area (Å²) in [6, 6.07) is 4.91. The smallest absolute Gasteiger partial charge is 0.250 e. The lowest BCUT2D eigenvalue weighted by molar-refractivity contribution is -0.134. The van der Waals surface area contributed by atoms with Gasteiger partial charge in [0.2, 0.25) is 5.91 Å². The molecule has 1 unspecified atom stereocenters. The molecule has 1 aromatic heterocycles. The molecular weight excluding hydrogens is 306 g/mol. The van der Waals surface area contributed by atoms with E-state index in [1.807, 2.05) is 26.0 Å². The molecule has 1 fully saturated rings. The highest BCUT2D eigenvalue weighted by Gasteiger charge is 2.26. The fourth-order valence-electron chi connectivity index (χ4n) is 2.57. The summed E-state index contributed by atoms with van der Waals surface area (Å²) in [5.41, 5.74) is 1.54. The van der Waals surface area contributed by atoms with Crippen LogP contribution in [0.2, 0.25) is 0 Å². The van der Waals surface area contributed by atoms with Crippen LogP contribution in [-0.2, 0) is 14.3 Å². The Labute approximate surface area is 144 Å². The Kier molecular flexibility index (Phi) is 8.40. The van der Waals surface area contributed by atoms with Gasteiger partial charge in [-0.2, -0.15) is 0 Å². The molecule has 1 atom stereocenters. The van der Waals surface area contributed by atoms with Crippen molar-refractivity contribution in [1.29, 1.82) is 0 Å².